The molecule has 0 aliphatic carbocycles. The Morgan fingerprint density at radius 3 is 2.50 bits per heavy atom. The van der Waals surface area contributed by atoms with E-state index < -0.39 is 5.97 Å². The Kier molecular flexibility index (Phi) is 3.90. The molecule has 0 fully saturated rings. The first-order chi connectivity index (χ1) is 7.54. The van der Waals surface area contributed by atoms with E-state index in [1.54, 1.807) is 24.3 Å². The van der Waals surface area contributed by atoms with Gasteiger partial charge in [0, 0.05) is 19.3 Å². The predicted molar refractivity (Wildman–Crippen MR) is 61.4 cm³/mol. The van der Waals surface area contributed by atoms with Gasteiger partial charge in [0.1, 0.15) is 0 Å². The summed E-state index contributed by atoms with van der Waals surface area (Å²) in [4.78, 5) is 12.6. The third-order valence-electron chi connectivity index (χ3n) is 2.32. The van der Waals surface area contributed by atoms with Crippen LogP contribution in [0.5, 0.6) is 0 Å². The van der Waals surface area contributed by atoms with Crippen molar-refractivity contribution >= 4 is 11.7 Å². The Balaban J connectivity index is 2.74. The number of benzene rings is 1. The molecule has 0 saturated heterocycles. The monoisotopic (exact) mass is 218 g/mol. The minimum atomic E-state index is -0.931. The first-order valence-corrected chi connectivity index (χ1v) is 4.98. The van der Waals surface area contributed by atoms with Gasteiger partial charge in [-0.25, -0.2) is 4.79 Å². The van der Waals surface area contributed by atoms with Gasteiger partial charge in [0.05, 0.1) is 17.6 Å². The third kappa shape index (κ3) is 2.99. The molecule has 0 aliphatic rings. The number of anilines is 1. The molecule has 1 atom stereocenters. The summed E-state index contributed by atoms with van der Waals surface area (Å²) in [6, 6.07) is 8.77. The molecule has 1 aromatic rings. The largest absolute Gasteiger partial charge is 0.478 e. The standard InChI is InChI=1S/C12H14N2O2/c1-9(7-13)8-14(2)11-5-3-10(4-6-11)12(15)16/h3-6,9H,8H2,1-2H3,(H,15,16). The maximum absolute atomic E-state index is 10.6. The zero-order chi connectivity index (χ0) is 12.1. The van der Waals surface area contributed by atoms with Crippen molar-refractivity contribution < 1.29 is 9.90 Å². The molecule has 0 aromatic heterocycles. The first-order valence-electron chi connectivity index (χ1n) is 4.98. The zero-order valence-corrected chi connectivity index (χ0v) is 9.34. The molecule has 0 heterocycles. The summed E-state index contributed by atoms with van der Waals surface area (Å²) in [6.07, 6.45) is 0. The molecule has 1 N–H and O–H groups in total. The molecule has 1 aromatic carbocycles. The van der Waals surface area contributed by atoms with Crippen molar-refractivity contribution in [1.29, 1.82) is 5.26 Å². The van der Waals surface area contributed by atoms with Gasteiger partial charge >= 0.3 is 5.97 Å². The molecule has 4 nitrogen and oxygen atoms in total. The fourth-order valence-corrected chi connectivity index (χ4v) is 1.42. The number of nitrogens with zero attached hydrogens (tertiary/aromatic N) is 2. The summed E-state index contributed by atoms with van der Waals surface area (Å²) in [7, 11) is 1.88. The second kappa shape index (κ2) is 5.17. The van der Waals surface area contributed by atoms with Crippen LogP contribution in [0.3, 0.4) is 0 Å². The molecule has 0 bridgehead atoms. The van der Waals surface area contributed by atoms with E-state index in [9.17, 15) is 4.79 Å². The number of hydrogen-bond donors (Lipinski definition) is 1. The van der Waals surface area contributed by atoms with Crippen LogP contribution >= 0.6 is 0 Å². The highest BCUT2D eigenvalue weighted by Crippen LogP contribution is 2.15. The minimum Gasteiger partial charge on any atom is -0.478 e. The van der Waals surface area contributed by atoms with Crippen molar-refractivity contribution in [2.75, 3.05) is 18.5 Å². The zero-order valence-electron chi connectivity index (χ0n) is 9.34. The Morgan fingerprint density at radius 2 is 2.06 bits per heavy atom. The molecule has 0 radical (unpaired) electrons. The van der Waals surface area contributed by atoms with E-state index in [1.807, 2.05) is 18.9 Å². The average molecular weight is 218 g/mol. The molecule has 0 aliphatic heterocycles. The summed E-state index contributed by atoms with van der Waals surface area (Å²) in [5.74, 6) is -0.983. The summed E-state index contributed by atoms with van der Waals surface area (Å²) in [5.41, 5.74) is 1.18. The molecular weight excluding hydrogens is 204 g/mol. The van der Waals surface area contributed by atoms with E-state index in [1.165, 1.54) is 0 Å². The highest BCUT2D eigenvalue weighted by molar-refractivity contribution is 5.88. The molecule has 0 saturated carbocycles. The fraction of sp³-hybridized carbons (Fsp3) is 0.333. The van der Waals surface area contributed by atoms with Crippen LogP contribution in [-0.2, 0) is 0 Å². The average Bonchev–Trinajstić information content (AvgIpc) is 2.28. The van der Waals surface area contributed by atoms with Gasteiger partial charge in [0.15, 0.2) is 0 Å². The number of nitriles is 1. The Bertz CT molecular complexity index is 406. The lowest BCUT2D eigenvalue weighted by Crippen LogP contribution is -2.23. The maximum Gasteiger partial charge on any atom is 0.335 e. The van der Waals surface area contributed by atoms with Crippen LogP contribution in [0.1, 0.15) is 17.3 Å². The highest BCUT2D eigenvalue weighted by Gasteiger charge is 2.07. The summed E-state index contributed by atoms with van der Waals surface area (Å²) in [5, 5.41) is 17.4. The molecule has 84 valence electrons. The Morgan fingerprint density at radius 1 is 1.50 bits per heavy atom. The van der Waals surface area contributed by atoms with Crippen LogP contribution in [-0.4, -0.2) is 24.7 Å². The first kappa shape index (κ1) is 12.1. The van der Waals surface area contributed by atoms with Crippen molar-refractivity contribution in [3.05, 3.63) is 29.8 Å². The minimum absolute atomic E-state index is 0.0517. The topological polar surface area (TPSA) is 64.3 Å². The van der Waals surface area contributed by atoms with Gasteiger partial charge in [0.2, 0.25) is 0 Å². The van der Waals surface area contributed by atoms with Gasteiger partial charge in [-0.1, -0.05) is 0 Å². The van der Waals surface area contributed by atoms with Crippen LogP contribution in [0.25, 0.3) is 0 Å². The van der Waals surface area contributed by atoms with E-state index in [-0.39, 0.29) is 11.5 Å². The van der Waals surface area contributed by atoms with Gasteiger partial charge in [-0.05, 0) is 31.2 Å². The van der Waals surface area contributed by atoms with Crippen molar-refractivity contribution in [1.82, 2.24) is 0 Å². The van der Waals surface area contributed by atoms with Crippen LogP contribution in [0.15, 0.2) is 24.3 Å². The number of hydrogen-bond acceptors (Lipinski definition) is 3. The van der Waals surface area contributed by atoms with Crippen molar-refractivity contribution in [3.8, 4) is 6.07 Å². The smallest absolute Gasteiger partial charge is 0.335 e. The van der Waals surface area contributed by atoms with E-state index >= 15 is 0 Å². The van der Waals surface area contributed by atoms with Crippen molar-refractivity contribution in [2.45, 2.75) is 6.92 Å². The number of aromatic carboxylic acids is 1. The second-order valence-electron chi connectivity index (χ2n) is 3.76. The van der Waals surface area contributed by atoms with Crippen LogP contribution in [0.4, 0.5) is 5.69 Å². The number of carboxylic acids is 1. The normalized spacial score (nSPS) is 11.6. The summed E-state index contributed by atoms with van der Waals surface area (Å²) >= 11 is 0. The van der Waals surface area contributed by atoms with Crippen LogP contribution in [0.2, 0.25) is 0 Å². The lowest BCUT2D eigenvalue weighted by molar-refractivity contribution is 0.0697. The van der Waals surface area contributed by atoms with E-state index in [2.05, 4.69) is 6.07 Å². The van der Waals surface area contributed by atoms with Gasteiger partial charge in [-0.2, -0.15) is 5.26 Å². The quantitative estimate of drug-likeness (QED) is 0.839. The Labute approximate surface area is 94.7 Å². The van der Waals surface area contributed by atoms with Crippen LogP contribution in [0, 0.1) is 17.2 Å². The SMILES string of the molecule is CC(C#N)CN(C)c1ccc(C(=O)O)cc1. The van der Waals surface area contributed by atoms with E-state index in [0.717, 1.165) is 5.69 Å². The molecule has 16 heavy (non-hydrogen) atoms. The van der Waals surface area contributed by atoms with Gasteiger partial charge in [0.25, 0.3) is 0 Å². The van der Waals surface area contributed by atoms with E-state index in [0.29, 0.717) is 6.54 Å². The van der Waals surface area contributed by atoms with Crippen molar-refractivity contribution in [2.24, 2.45) is 5.92 Å². The number of carbonyl (C=O) groups is 1. The highest BCUT2D eigenvalue weighted by atomic mass is 16.4. The summed E-state index contributed by atoms with van der Waals surface area (Å²) in [6.45, 7) is 2.48. The molecule has 1 rings (SSSR count). The van der Waals surface area contributed by atoms with Gasteiger partial charge < -0.3 is 10.0 Å². The second-order valence-corrected chi connectivity index (χ2v) is 3.76. The molecule has 0 amide bonds. The third-order valence-corrected chi connectivity index (χ3v) is 2.32. The lowest BCUT2D eigenvalue weighted by Gasteiger charge is -2.20. The van der Waals surface area contributed by atoms with E-state index in [4.69, 9.17) is 10.4 Å². The summed E-state index contributed by atoms with van der Waals surface area (Å²) < 4.78 is 0. The number of carboxylic acid groups (broad SMARTS) is 1. The predicted octanol–water partition coefficient (Wildman–Crippen LogP) is 1.98. The maximum atomic E-state index is 10.6. The van der Waals surface area contributed by atoms with Gasteiger partial charge in [-0.3, -0.25) is 0 Å². The molecule has 4 heteroatoms. The fourth-order valence-electron chi connectivity index (χ4n) is 1.42. The van der Waals surface area contributed by atoms with Crippen LogP contribution < -0.4 is 4.90 Å². The molecule has 0 spiro atoms. The van der Waals surface area contributed by atoms with Crippen molar-refractivity contribution in [3.63, 3.8) is 0 Å². The van der Waals surface area contributed by atoms with Gasteiger partial charge in [-0.15, -0.1) is 0 Å². The lowest BCUT2D eigenvalue weighted by atomic mass is 10.1. The molecule has 1 unspecified atom stereocenters. The molecular formula is C12H14N2O2. The number of rotatable bonds is 4. The Hall–Kier alpha value is -2.02.